The molecule has 3 heteroatoms. The molecule has 0 aliphatic heterocycles. The standard InChI is InChI=1S/C17H22ClNS/c1-17(2,3)13-8-7-12(11-19)16(9-13)20-15-6-4-5-14(18)10-15/h4-6,10,12-13,16H,7-9H2,1-3H3. The van der Waals surface area contributed by atoms with Crippen molar-refractivity contribution < 1.29 is 0 Å². The molecule has 2 rings (SSSR count). The third-order valence-electron chi connectivity index (χ3n) is 4.27. The summed E-state index contributed by atoms with van der Waals surface area (Å²) in [5.74, 6) is 0.862. The first-order chi connectivity index (χ1) is 9.40. The number of hydrogen-bond donors (Lipinski definition) is 0. The second-order valence-corrected chi connectivity index (χ2v) is 8.47. The van der Waals surface area contributed by atoms with Gasteiger partial charge in [-0.05, 0) is 48.8 Å². The molecule has 1 aromatic rings. The van der Waals surface area contributed by atoms with Crippen molar-refractivity contribution in [2.45, 2.75) is 50.2 Å². The molecular weight excluding hydrogens is 286 g/mol. The highest BCUT2D eigenvalue weighted by Gasteiger charge is 2.36. The predicted molar refractivity (Wildman–Crippen MR) is 87.0 cm³/mol. The van der Waals surface area contributed by atoms with E-state index < -0.39 is 0 Å². The molecule has 3 unspecified atom stereocenters. The summed E-state index contributed by atoms with van der Waals surface area (Å²) >= 11 is 7.88. The Hall–Kier alpha value is -0.650. The van der Waals surface area contributed by atoms with Gasteiger partial charge in [-0.15, -0.1) is 11.8 Å². The van der Waals surface area contributed by atoms with Crippen LogP contribution in [-0.4, -0.2) is 5.25 Å². The largest absolute Gasteiger partial charge is 0.198 e. The number of benzene rings is 1. The fourth-order valence-electron chi connectivity index (χ4n) is 2.91. The number of halogens is 1. The van der Waals surface area contributed by atoms with Gasteiger partial charge in [-0.1, -0.05) is 38.4 Å². The van der Waals surface area contributed by atoms with Crippen molar-refractivity contribution in [3.63, 3.8) is 0 Å². The van der Waals surface area contributed by atoms with Crippen molar-refractivity contribution in [1.82, 2.24) is 0 Å². The second-order valence-electron chi connectivity index (χ2n) is 6.73. The van der Waals surface area contributed by atoms with Gasteiger partial charge in [0.15, 0.2) is 0 Å². The van der Waals surface area contributed by atoms with Gasteiger partial charge < -0.3 is 0 Å². The van der Waals surface area contributed by atoms with Gasteiger partial charge in [0.2, 0.25) is 0 Å². The van der Waals surface area contributed by atoms with Crippen LogP contribution in [0.1, 0.15) is 40.0 Å². The maximum Gasteiger partial charge on any atom is 0.0667 e. The van der Waals surface area contributed by atoms with Crippen LogP contribution in [0.25, 0.3) is 0 Å². The van der Waals surface area contributed by atoms with E-state index in [2.05, 4.69) is 32.9 Å². The fraction of sp³-hybridized carbons (Fsp3) is 0.588. The zero-order chi connectivity index (χ0) is 14.8. The Morgan fingerprint density at radius 2 is 2.05 bits per heavy atom. The summed E-state index contributed by atoms with van der Waals surface area (Å²) in [5, 5.41) is 10.5. The monoisotopic (exact) mass is 307 g/mol. The average Bonchev–Trinajstić information content (AvgIpc) is 2.37. The summed E-state index contributed by atoms with van der Waals surface area (Å²) in [6.45, 7) is 6.93. The summed E-state index contributed by atoms with van der Waals surface area (Å²) in [5.41, 5.74) is 0.327. The molecule has 1 aliphatic rings. The molecule has 0 spiro atoms. The van der Waals surface area contributed by atoms with E-state index in [9.17, 15) is 5.26 Å². The minimum atomic E-state index is 0.164. The highest BCUT2D eigenvalue weighted by Crippen LogP contribution is 2.45. The van der Waals surface area contributed by atoms with E-state index in [0.29, 0.717) is 16.6 Å². The van der Waals surface area contributed by atoms with E-state index in [4.69, 9.17) is 11.6 Å². The van der Waals surface area contributed by atoms with Gasteiger partial charge >= 0.3 is 0 Å². The summed E-state index contributed by atoms with van der Waals surface area (Å²) in [7, 11) is 0. The molecular formula is C17H22ClNS. The number of thioether (sulfide) groups is 1. The first-order valence-electron chi connectivity index (χ1n) is 7.22. The Balaban J connectivity index is 2.12. The fourth-order valence-corrected chi connectivity index (χ4v) is 4.56. The van der Waals surface area contributed by atoms with Crippen LogP contribution in [0, 0.1) is 28.6 Å². The highest BCUT2D eigenvalue weighted by atomic mass is 35.5. The van der Waals surface area contributed by atoms with Crippen molar-refractivity contribution in [2.75, 3.05) is 0 Å². The molecule has 1 aromatic carbocycles. The summed E-state index contributed by atoms with van der Waals surface area (Å²) in [4.78, 5) is 1.18. The van der Waals surface area contributed by atoms with Crippen LogP contribution in [-0.2, 0) is 0 Å². The Bertz CT molecular complexity index is 500. The zero-order valence-corrected chi connectivity index (χ0v) is 14.0. The minimum absolute atomic E-state index is 0.164. The Morgan fingerprint density at radius 1 is 1.30 bits per heavy atom. The topological polar surface area (TPSA) is 23.8 Å². The molecule has 0 N–H and O–H groups in total. The predicted octanol–water partition coefficient (Wildman–Crippen LogP) is 5.79. The molecule has 1 aliphatic carbocycles. The summed E-state index contributed by atoms with van der Waals surface area (Å²) < 4.78 is 0. The third kappa shape index (κ3) is 3.93. The van der Waals surface area contributed by atoms with Crippen molar-refractivity contribution in [2.24, 2.45) is 17.3 Å². The molecule has 0 aromatic heterocycles. The Kier molecular flexibility index (Phi) is 5.04. The van der Waals surface area contributed by atoms with Gasteiger partial charge in [-0.2, -0.15) is 5.26 Å². The van der Waals surface area contributed by atoms with E-state index in [1.165, 1.54) is 11.3 Å². The minimum Gasteiger partial charge on any atom is -0.198 e. The molecule has 1 saturated carbocycles. The van der Waals surface area contributed by atoms with E-state index in [0.717, 1.165) is 17.9 Å². The highest BCUT2D eigenvalue weighted by molar-refractivity contribution is 8.00. The van der Waals surface area contributed by atoms with Crippen molar-refractivity contribution in [3.05, 3.63) is 29.3 Å². The maximum atomic E-state index is 9.39. The van der Waals surface area contributed by atoms with E-state index in [1.54, 1.807) is 0 Å². The molecule has 3 atom stereocenters. The third-order valence-corrected chi connectivity index (χ3v) is 5.85. The SMILES string of the molecule is CC(C)(C)C1CCC(C#N)C(Sc2cccc(Cl)c2)C1. The van der Waals surface area contributed by atoms with Crippen LogP contribution in [0.15, 0.2) is 29.2 Å². The van der Waals surface area contributed by atoms with Gasteiger partial charge in [0.25, 0.3) is 0 Å². The average molecular weight is 308 g/mol. The zero-order valence-electron chi connectivity index (χ0n) is 12.4. The van der Waals surface area contributed by atoms with Crippen molar-refractivity contribution in [3.8, 4) is 6.07 Å². The van der Waals surface area contributed by atoms with Crippen LogP contribution in [0.4, 0.5) is 0 Å². The van der Waals surface area contributed by atoms with Crippen LogP contribution in [0.2, 0.25) is 5.02 Å². The molecule has 0 amide bonds. The lowest BCUT2D eigenvalue weighted by molar-refractivity contribution is 0.169. The molecule has 0 heterocycles. The normalized spacial score (nSPS) is 27.1. The number of nitriles is 1. The molecule has 1 fully saturated rings. The number of hydrogen-bond acceptors (Lipinski definition) is 2. The summed E-state index contributed by atoms with van der Waals surface area (Å²) in [6.07, 6.45) is 3.32. The summed E-state index contributed by atoms with van der Waals surface area (Å²) in [6, 6.07) is 10.5. The number of rotatable bonds is 2. The van der Waals surface area contributed by atoms with Gasteiger partial charge in [-0.25, -0.2) is 0 Å². The second kappa shape index (κ2) is 6.41. The molecule has 0 radical (unpaired) electrons. The van der Waals surface area contributed by atoms with Crippen LogP contribution >= 0.6 is 23.4 Å². The lowest BCUT2D eigenvalue weighted by Crippen LogP contribution is -2.32. The molecule has 0 bridgehead atoms. The van der Waals surface area contributed by atoms with E-state index >= 15 is 0 Å². The molecule has 0 saturated heterocycles. The quantitative estimate of drug-likeness (QED) is 0.690. The smallest absolute Gasteiger partial charge is 0.0667 e. The van der Waals surface area contributed by atoms with Crippen molar-refractivity contribution >= 4 is 23.4 Å². The van der Waals surface area contributed by atoms with Gasteiger partial charge in [0, 0.05) is 15.2 Å². The Labute approximate surface area is 131 Å². The first kappa shape index (κ1) is 15.7. The molecule has 1 nitrogen and oxygen atoms in total. The lowest BCUT2D eigenvalue weighted by atomic mass is 9.70. The van der Waals surface area contributed by atoms with Crippen LogP contribution in [0.5, 0.6) is 0 Å². The van der Waals surface area contributed by atoms with Crippen LogP contribution < -0.4 is 0 Å². The van der Waals surface area contributed by atoms with Gasteiger partial charge in [-0.3, -0.25) is 0 Å². The van der Waals surface area contributed by atoms with Gasteiger partial charge in [0.05, 0.1) is 12.0 Å². The van der Waals surface area contributed by atoms with E-state index in [-0.39, 0.29) is 5.92 Å². The first-order valence-corrected chi connectivity index (χ1v) is 8.48. The van der Waals surface area contributed by atoms with Crippen molar-refractivity contribution in [1.29, 1.82) is 5.26 Å². The lowest BCUT2D eigenvalue weighted by Gasteiger charge is -2.39. The molecule has 20 heavy (non-hydrogen) atoms. The Morgan fingerprint density at radius 3 is 2.65 bits per heavy atom. The maximum absolute atomic E-state index is 9.39. The van der Waals surface area contributed by atoms with Gasteiger partial charge in [0.1, 0.15) is 0 Å². The number of nitrogens with zero attached hydrogens (tertiary/aromatic N) is 1. The van der Waals surface area contributed by atoms with Crippen LogP contribution in [0.3, 0.4) is 0 Å². The molecule has 108 valence electrons. The van der Waals surface area contributed by atoms with E-state index in [1.807, 2.05) is 30.0 Å².